The maximum atomic E-state index is 5.03. The summed E-state index contributed by atoms with van der Waals surface area (Å²) in [6.07, 6.45) is 21.7. The van der Waals surface area contributed by atoms with Crippen molar-refractivity contribution in [2.75, 3.05) is 0 Å². The Morgan fingerprint density at radius 3 is 1.58 bits per heavy atom. The van der Waals surface area contributed by atoms with Crippen LogP contribution in [0, 0.1) is 0 Å². The summed E-state index contributed by atoms with van der Waals surface area (Å²) in [6.45, 7) is 0. The second-order valence-electron chi connectivity index (χ2n) is 13.3. The second kappa shape index (κ2) is 11.0. The standard InChI is InChI=1S/C45H33N3/c1-3-11-32-28(9-1)23-42-38(32)17-7-19-40(42)44-22-21-30(25-46-44)34-13-5-16-37-35(14-6-15-36(34)37)31-26-47-45(48-27-31)41-20-8-18-39-33-12-4-2-10-29(33)24-43(39)41/h1-2,5-10,13-22,25-27H,3-4,11-12,23-24H2. The molecule has 3 heteroatoms. The Morgan fingerprint density at radius 2 is 0.958 bits per heavy atom. The van der Waals surface area contributed by atoms with Crippen LogP contribution >= 0.6 is 0 Å². The molecule has 2 aromatic heterocycles. The van der Waals surface area contributed by atoms with E-state index in [1.807, 2.05) is 18.6 Å². The van der Waals surface area contributed by atoms with E-state index in [4.69, 9.17) is 15.0 Å². The van der Waals surface area contributed by atoms with E-state index in [1.54, 1.807) is 0 Å². The van der Waals surface area contributed by atoms with Crippen molar-refractivity contribution >= 4 is 21.9 Å². The lowest BCUT2D eigenvalue weighted by molar-refractivity contribution is 1.04. The largest absolute Gasteiger partial charge is 0.256 e. The monoisotopic (exact) mass is 615 g/mol. The van der Waals surface area contributed by atoms with E-state index < -0.39 is 0 Å². The molecule has 4 aliphatic carbocycles. The average Bonchev–Trinajstić information content (AvgIpc) is 3.73. The van der Waals surface area contributed by atoms with Crippen molar-refractivity contribution < 1.29 is 0 Å². The van der Waals surface area contributed by atoms with Crippen molar-refractivity contribution in [2.45, 2.75) is 38.5 Å². The van der Waals surface area contributed by atoms with Gasteiger partial charge in [0, 0.05) is 40.8 Å². The van der Waals surface area contributed by atoms with Crippen LogP contribution in [-0.4, -0.2) is 15.0 Å². The number of pyridine rings is 1. The molecule has 228 valence electrons. The van der Waals surface area contributed by atoms with E-state index in [9.17, 15) is 0 Å². The van der Waals surface area contributed by atoms with Gasteiger partial charge in [-0.25, -0.2) is 9.97 Å². The van der Waals surface area contributed by atoms with Crippen molar-refractivity contribution in [2.24, 2.45) is 0 Å². The van der Waals surface area contributed by atoms with Crippen LogP contribution in [0.1, 0.15) is 47.9 Å². The Labute approximate surface area is 280 Å². The van der Waals surface area contributed by atoms with Gasteiger partial charge in [-0.15, -0.1) is 0 Å². The minimum Gasteiger partial charge on any atom is -0.256 e. The molecule has 48 heavy (non-hydrogen) atoms. The Bertz CT molecular complexity index is 2250. The van der Waals surface area contributed by atoms with E-state index in [0.29, 0.717) is 0 Å². The fourth-order valence-corrected chi connectivity index (χ4v) is 8.46. The highest BCUT2D eigenvalue weighted by molar-refractivity contribution is 6.04. The first-order valence-electron chi connectivity index (χ1n) is 17.1. The van der Waals surface area contributed by atoms with Gasteiger partial charge in [0.2, 0.25) is 0 Å². The fourth-order valence-electron chi connectivity index (χ4n) is 8.46. The van der Waals surface area contributed by atoms with Crippen molar-refractivity contribution in [3.05, 3.63) is 161 Å². The van der Waals surface area contributed by atoms with Gasteiger partial charge in [0.05, 0.1) is 5.69 Å². The lowest BCUT2D eigenvalue weighted by Gasteiger charge is -2.13. The molecule has 0 fully saturated rings. The predicted molar refractivity (Wildman–Crippen MR) is 197 cm³/mol. The summed E-state index contributed by atoms with van der Waals surface area (Å²) >= 11 is 0. The molecule has 4 aromatic carbocycles. The minimum atomic E-state index is 0.794. The number of hydrogen-bond acceptors (Lipinski definition) is 3. The zero-order chi connectivity index (χ0) is 31.6. The SMILES string of the molecule is C1=CC2=C(CC1)c1cccc(-c3ccc(-c4cccc5c(-c6cnc(-c7cccc8c7CC7=C8CCC=C7)nc6)cccc45)cn3)c1C2. The second-order valence-corrected chi connectivity index (χ2v) is 13.3. The number of fused-ring (bicyclic) bond motifs is 5. The molecule has 0 amide bonds. The zero-order valence-electron chi connectivity index (χ0n) is 26.7. The summed E-state index contributed by atoms with van der Waals surface area (Å²) in [4.78, 5) is 14.9. The highest BCUT2D eigenvalue weighted by Crippen LogP contribution is 2.44. The van der Waals surface area contributed by atoms with E-state index in [2.05, 4.69) is 109 Å². The van der Waals surface area contributed by atoms with Gasteiger partial charge in [-0.1, -0.05) is 103 Å². The van der Waals surface area contributed by atoms with Crippen molar-refractivity contribution in [1.82, 2.24) is 15.0 Å². The lowest BCUT2D eigenvalue weighted by atomic mass is 9.93. The Morgan fingerprint density at radius 1 is 0.438 bits per heavy atom. The number of rotatable bonds is 4. The third-order valence-corrected chi connectivity index (χ3v) is 10.7. The zero-order valence-corrected chi connectivity index (χ0v) is 26.7. The first-order chi connectivity index (χ1) is 23.8. The van der Waals surface area contributed by atoms with Crippen LogP contribution in [0.5, 0.6) is 0 Å². The normalized spacial score (nSPS) is 15.9. The molecule has 0 saturated carbocycles. The Balaban J connectivity index is 0.968. The first-order valence-corrected chi connectivity index (χ1v) is 17.1. The van der Waals surface area contributed by atoms with Crippen molar-refractivity contribution in [1.29, 1.82) is 0 Å². The minimum absolute atomic E-state index is 0.794. The summed E-state index contributed by atoms with van der Waals surface area (Å²) in [5.41, 5.74) is 19.4. The predicted octanol–water partition coefficient (Wildman–Crippen LogP) is 11.0. The molecule has 2 heterocycles. The van der Waals surface area contributed by atoms with E-state index >= 15 is 0 Å². The maximum absolute atomic E-state index is 5.03. The summed E-state index contributed by atoms with van der Waals surface area (Å²) in [5, 5.41) is 2.38. The molecule has 0 saturated heterocycles. The maximum Gasteiger partial charge on any atom is 0.159 e. The molecule has 0 aliphatic heterocycles. The van der Waals surface area contributed by atoms with Gasteiger partial charge in [-0.3, -0.25) is 4.98 Å². The number of hydrogen-bond donors (Lipinski definition) is 0. The smallest absolute Gasteiger partial charge is 0.159 e. The summed E-state index contributed by atoms with van der Waals surface area (Å²) in [6, 6.07) is 30.8. The third kappa shape index (κ3) is 4.31. The quantitative estimate of drug-likeness (QED) is 0.198. The molecule has 0 unspecified atom stereocenters. The molecule has 6 aromatic rings. The molecule has 4 aliphatic rings. The summed E-state index contributed by atoms with van der Waals surface area (Å²) in [5.74, 6) is 0.794. The lowest BCUT2D eigenvalue weighted by Crippen LogP contribution is -1.96. The van der Waals surface area contributed by atoms with Gasteiger partial charge in [0.1, 0.15) is 0 Å². The number of aromatic nitrogens is 3. The van der Waals surface area contributed by atoms with Crippen LogP contribution < -0.4 is 0 Å². The van der Waals surface area contributed by atoms with E-state index in [0.717, 1.165) is 72.3 Å². The molecule has 0 spiro atoms. The van der Waals surface area contributed by atoms with Crippen LogP contribution in [0.3, 0.4) is 0 Å². The molecule has 0 N–H and O–H groups in total. The van der Waals surface area contributed by atoms with Gasteiger partial charge in [-0.2, -0.15) is 0 Å². The number of nitrogens with zero attached hydrogens (tertiary/aromatic N) is 3. The third-order valence-electron chi connectivity index (χ3n) is 10.7. The first kappa shape index (κ1) is 27.4. The van der Waals surface area contributed by atoms with Crippen molar-refractivity contribution in [3.8, 4) is 44.9 Å². The fraction of sp³-hybridized carbons (Fsp3) is 0.133. The average molecular weight is 616 g/mol. The van der Waals surface area contributed by atoms with Crippen LogP contribution in [-0.2, 0) is 12.8 Å². The topological polar surface area (TPSA) is 38.7 Å². The van der Waals surface area contributed by atoms with Crippen LogP contribution in [0.2, 0.25) is 0 Å². The van der Waals surface area contributed by atoms with Gasteiger partial charge in [-0.05, 0) is 111 Å². The van der Waals surface area contributed by atoms with Gasteiger partial charge < -0.3 is 0 Å². The molecule has 10 rings (SSSR count). The Kier molecular flexibility index (Phi) is 6.26. The summed E-state index contributed by atoms with van der Waals surface area (Å²) < 4.78 is 0. The number of allylic oxidation sites excluding steroid dienone is 8. The number of benzene rings is 4. The summed E-state index contributed by atoms with van der Waals surface area (Å²) in [7, 11) is 0. The van der Waals surface area contributed by atoms with Crippen molar-refractivity contribution in [3.63, 3.8) is 0 Å². The molecule has 0 atom stereocenters. The molecule has 3 nitrogen and oxygen atoms in total. The Hall–Kier alpha value is -5.67. The molecular formula is C45H33N3. The van der Waals surface area contributed by atoms with Crippen LogP contribution in [0.15, 0.2) is 139 Å². The van der Waals surface area contributed by atoms with Gasteiger partial charge >= 0.3 is 0 Å². The van der Waals surface area contributed by atoms with Gasteiger partial charge in [0.25, 0.3) is 0 Å². The molecular weight excluding hydrogens is 583 g/mol. The highest BCUT2D eigenvalue weighted by atomic mass is 14.9. The van der Waals surface area contributed by atoms with Crippen LogP contribution in [0.4, 0.5) is 0 Å². The van der Waals surface area contributed by atoms with E-state index in [-0.39, 0.29) is 0 Å². The van der Waals surface area contributed by atoms with Crippen LogP contribution in [0.25, 0.3) is 66.8 Å². The molecule has 0 bridgehead atoms. The molecule has 0 radical (unpaired) electrons. The highest BCUT2D eigenvalue weighted by Gasteiger charge is 2.26. The van der Waals surface area contributed by atoms with E-state index in [1.165, 1.54) is 66.4 Å². The van der Waals surface area contributed by atoms with Gasteiger partial charge in [0.15, 0.2) is 5.82 Å².